The molecule has 0 heterocycles. The van der Waals surface area contributed by atoms with E-state index in [0.29, 0.717) is 5.92 Å². The van der Waals surface area contributed by atoms with Crippen LogP contribution in [0.15, 0.2) is 18.2 Å². The average molecular weight is 316 g/mol. The number of nitrogens with one attached hydrogen (secondary N) is 1. The Morgan fingerprint density at radius 3 is 2.28 bits per heavy atom. The standard InChI is InChI=1S/C13H18BrNO3/c1-8(2)12(3-4-14)15-13(18)9-5-10(16)7-11(17)6-9/h5-8,12,16-17H,3-4H2,1-2H3,(H,15,18). The summed E-state index contributed by atoms with van der Waals surface area (Å²) in [5, 5.41) is 22.4. The number of amides is 1. The Morgan fingerprint density at radius 2 is 1.83 bits per heavy atom. The smallest absolute Gasteiger partial charge is 0.251 e. The topological polar surface area (TPSA) is 69.6 Å². The van der Waals surface area contributed by atoms with Crippen molar-refractivity contribution < 1.29 is 15.0 Å². The van der Waals surface area contributed by atoms with E-state index in [1.54, 1.807) is 0 Å². The zero-order valence-corrected chi connectivity index (χ0v) is 12.1. The highest BCUT2D eigenvalue weighted by atomic mass is 79.9. The minimum atomic E-state index is -0.291. The third kappa shape index (κ3) is 4.22. The van der Waals surface area contributed by atoms with Crippen LogP contribution in [0.4, 0.5) is 0 Å². The predicted octanol–water partition coefficient (Wildman–Crippen LogP) is 2.64. The maximum Gasteiger partial charge on any atom is 0.251 e. The van der Waals surface area contributed by atoms with E-state index in [4.69, 9.17) is 0 Å². The molecule has 0 spiro atoms. The van der Waals surface area contributed by atoms with Crippen LogP contribution in [0.25, 0.3) is 0 Å². The van der Waals surface area contributed by atoms with Gasteiger partial charge in [-0.25, -0.2) is 0 Å². The van der Waals surface area contributed by atoms with Crippen LogP contribution in [-0.4, -0.2) is 27.5 Å². The Kier molecular flexibility index (Phi) is 5.47. The van der Waals surface area contributed by atoms with Gasteiger partial charge in [-0.15, -0.1) is 0 Å². The van der Waals surface area contributed by atoms with E-state index in [2.05, 4.69) is 21.2 Å². The number of hydrogen-bond donors (Lipinski definition) is 3. The lowest BCUT2D eigenvalue weighted by Crippen LogP contribution is -2.38. The summed E-state index contributed by atoms with van der Waals surface area (Å²) in [4.78, 5) is 12.0. The monoisotopic (exact) mass is 315 g/mol. The van der Waals surface area contributed by atoms with Crippen LogP contribution >= 0.6 is 15.9 Å². The third-order valence-electron chi connectivity index (χ3n) is 2.71. The minimum Gasteiger partial charge on any atom is -0.508 e. The molecule has 0 aliphatic carbocycles. The van der Waals surface area contributed by atoms with Gasteiger partial charge >= 0.3 is 0 Å². The van der Waals surface area contributed by atoms with Crippen LogP contribution in [-0.2, 0) is 0 Å². The Morgan fingerprint density at radius 1 is 1.28 bits per heavy atom. The highest BCUT2D eigenvalue weighted by Crippen LogP contribution is 2.20. The lowest BCUT2D eigenvalue weighted by atomic mass is 10.0. The predicted molar refractivity (Wildman–Crippen MR) is 74.3 cm³/mol. The summed E-state index contributed by atoms with van der Waals surface area (Å²) in [7, 11) is 0. The second kappa shape index (κ2) is 6.64. The summed E-state index contributed by atoms with van der Waals surface area (Å²) in [5.41, 5.74) is 0.257. The van der Waals surface area contributed by atoms with Crippen molar-refractivity contribution in [3.8, 4) is 11.5 Å². The fraction of sp³-hybridized carbons (Fsp3) is 0.462. The van der Waals surface area contributed by atoms with Gasteiger partial charge in [0.05, 0.1) is 0 Å². The van der Waals surface area contributed by atoms with Crippen LogP contribution in [0.3, 0.4) is 0 Å². The molecule has 0 radical (unpaired) electrons. The number of carbonyl (C=O) groups is 1. The normalized spacial score (nSPS) is 12.4. The Labute approximate surface area is 115 Å². The van der Waals surface area contributed by atoms with Gasteiger partial charge in [-0.3, -0.25) is 4.79 Å². The molecule has 0 aliphatic heterocycles. The van der Waals surface area contributed by atoms with Gasteiger partial charge in [0.15, 0.2) is 0 Å². The van der Waals surface area contributed by atoms with Crippen molar-refractivity contribution in [2.45, 2.75) is 26.3 Å². The summed E-state index contributed by atoms with van der Waals surface area (Å²) >= 11 is 3.36. The quantitative estimate of drug-likeness (QED) is 0.732. The fourth-order valence-electron chi connectivity index (χ4n) is 1.67. The Bertz CT molecular complexity index is 400. The van der Waals surface area contributed by atoms with E-state index < -0.39 is 0 Å². The third-order valence-corrected chi connectivity index (χ3v) is 3.16. The number of phenols is 2. The number of halogens is 1. The molecule has 1 atom stereocenters. The van der Waals surface area contributed by atoms with Crippen LogP contribution in [0.2, 0.25) is 0 Å². The first kappa shape index (κ1) is 14.8. The van der Waals surface area contributed by atoms with Gasteiger partial charge in [-0.1, -0.05) is 29.8 Å². The van der Waals surface area contributed by atoms with Gasteiger partial charge in [-0.2, -0.15) is 0 Å². The van der Waals surface area contributed by atoms with E-state index in [9.17, 15) is 15.0 Å². The largest absolute Gasteiger partial charge is 0.508 e. The molecular weight excluding hydrogens is 298 g/mol. The molecule has 1 aromatic carbocycles. The second-order valence-electron chi connectivity index (χ2n) is 4.54. The lowest BCUT2D eigenvalue weighted by Gasteiger charge is -2.21. The van der Waals surface area contributed by atoms with Crippen LogP contribution in [0, 0.1) is 5.92 Å². The number of rotatable bonds is 5. The molecule has 1 rings (SSSR count). The second-order valence-corrected chi connectivity index (χ2v) is 5.33. The first-order chi connectivity index (χ1) is 8.43. The van der Waals surface area contributed by atoms with E-state index in [1.807, 2.05) is 13.8 Å². The molecule has 0 bridgehead atoms. The number of hydrogen-bond acceptors (Lipinski definition) is 3. The highest BCUT2D eigenvalue weighted by Gasteiger charge is 2.17. The molecule has 1 unspecified atom stereocenters. The SMILES string of the molecule is CC(C)C(CCBr)NC(=O)c1cc(O)cc(O)c1. The van der Waals surface area contributed by atoms with Gasteiger partial charge in [0.25, 0.3) is 5.91 Å². The van der Waals surface area contributed by atoms with Crippen LogP contribution < -0.4 is 5.32 Å². The summed E-state index contributed by atoms with van der Waals surface area (Å²) < 4.78 is 0. The number of phenolic OH excluding ortho intramolecular Hbond substituents is 2. The summed E-state index contributed by atoms with van der Waals surface area (Å²) in [5.74, 6) is -0.221. The van der Waals surface area contributed by atoms with Crippen molar-refractivity contribution in [1.29, 1.82) is 0 Å². The van der Waals surface area contributed by atoms with Gasteiger partial charge < -0.3 is 15.5 Å². The van der Waals surface area contributed by atoms with Crippen LogP contribution in [0.5, 0.6) is 11.5 Å². The Hall–Kier alpha value is -1.23. The van der Waals surface area contributed by atoms with E-state index in [0.717, 1.165) is 11.8 Å². The molecule has 0 fully saturated rings. The van der Waals surface area contributed by atoms with Crippen molar-refractivity contribution in [2.24, 2.45) is 5.92 Å². The molecule has 4 nitrogen and oxygen atoms in total. The first-order valence-corrected chi connectivity index (χ1v) is 6.96. The Balaban J connectivity index is 2.80. The maximum absolute atomic E-state index is 12.0. The molecule has 0 saturated carbocycles. The van der Waals surface area contributed by atoms with Crippen LogP contribution in [0.1, 0.15) is 30.6 Å². The first-order valence-electron chi connectivity index (χ1n) is 5.84. The molecule has 100 valence electrons. The molecule has 0 aliphatic rings. The van der Waals surface area contributed by atoms with Crippen molar-refractivity contribution in [3.63, 3.8) is 0 Å². The summed E-state index contributed by atoms with van der Waals surface area (Å²) in [6.45, 7) is 4.07. The maximum atomic E-state index is 12.0. The number of carbonyl (C=O) groups excluding carboxylic acids is 1. The van der Waals surface area contributed by atoms with Crippen molar-refractivity contribution in [1.82, 2.24) is 5.32 Å². The number of benzene rings is 1. The van der Waals surface area contributed by atoms with E-state index >= 15 is 0 Å². The molecule has 0 saturated heterocycles. The molecule has 1 aromatic rings. The average Bonchev–Trinajstić information content (AvgIpc) is 2.26. The van der Waals surface area contributed by atoms with Crippen molar-refractivity contribution in [3.05, 3.63) is 23.8 Å². The van der Waals surface area contributed by atoms with Gasteiger partial charge in [0, 0.05) is 23.0 Å². The van der Waals surface area contributed by atoms with E-state index in [-0.39, 0.29) is 29.0 Å². The zero-order valence-electron chi connectivity index (χ0n) is 10.5. The molecule has 5 heteroatoms. The molecule has 0 aromatic heterocycles. The van der Waals surface area contributed by atoms with Gasteiger partial charge in [-0.05, 0) is 24.5 Å². The molecule has 3 N–H and O–H groups in total. The summed E-state index contributed by atoms with van der Waals surface area (Å²) in [6, 6.07) is 3.91. The lowest BCUT2D eigenvalue weighted by molar-refractivity contribution is 0.0924. The fourth-order valence-corrected chi connectivity index (χ4v) is 2.16. The van der Waals surface area contributed by atoms with Gasteiger partial charge in [0.2, 0.25) is 0 Å². The van der Waals surface area contributed by atoms with E-state index in [1.165, 1.54) is 18.2 Å². The highest BCUT2D eigenvalue weighted by molar-refractivity contribution is 9.09. The van der Waals surface area contributed by atoms with Crippen molar-refractivity contribution in [2.75, 3.05) is 5.33 Å². The number of aromatic hydroxyl groups is 2. The van der Waals surface area contributed by atoms with Crippen molar-refractivity contribution >= 4 is 21.8 Å². The summed E-state index contributed by atoms with van der Waals surface area (Å²) in [6.07, 6.45) is 0.828. The minimum absolute atomic E-state index is 0.0568. The molecule has 1 amide bonds. The number of alkyl halides is 1. The molecule has 18 heavy (non-hydrogen) atoms. The molecular formula is C13H18BrNO3. The zero-order chi connectivity index (χ0) is 13.7. The van der Waals surface area contributed by atoms with Gasteiger partial charge in [0.1, 0.15) is 11.5 Å².